The Balaban J connectivity index is 1.80. The number of carbonyl (C=O) groups is 2. The SMILES string of the molecule is [C-]#[N+]c1cc2c(s1)CN(C(=O)/C=C/CN(C)C)C[C@H]2c1ccccc1-c1cn(CCC(=O)O)nc1C(F)(F)F. The molecule has 0 saturated carbocycles. The number of halogens is 3. The van der Waals surface area contributed by atoms with E-state index in [-0.39, 0.29) is 36.5 Å². The molecule has 0 bridgehead atoms. The van der Waals surface area contributed by atoms with E-state index in [4.69, 9.17) is 11.7 Å². The predicted molar refractivity (Wildman–Crippen MR) is 140 cm³/mol. The summed E-state index contributed by atoms with van der Waals surface area (Å²) >= 11 is 1.27. The first kappa shape index (κ1) is 28.1. The van der Waals surface area contributed by atoms with Crippen LogP contribution in [-0.4, -0.2) is 63.7 Å². The minimum absolute atomic E-state index is 0.167. The number of alkyl halides is 3. The van der Waals surface area contributed by atoms with Crippen molar-refractivity contribution in [1.82, 2.24) is 19.6 Å². The number of hydrogen-bond donors (Lipinski definition) is 1. The van der Waals surface area contributed by atoms with Crippen molar-refractivity contribution >= 4 is 28.2 Å². The maximum Gasteiger partial charge on any atom is 0.435 e. The molecule has 2 aromatic heterocycles. The van der Waals surface area contributed by atoms with E-state index in [1.165, 1.54) is 23.6 Å². The van der Waals surface area contributed by atoms with Crippen molar-refractivity contribution in [3.63, 3.8) is 0 Å². The first-order valence-electron chi connectivity index (χ1n) is 12.0. The summed E-state index contributed by atoms with van der Waals surface area (Å²) in [7, 11) is 3.76. The third-order valence-electron chi connectivity index (χ3n) is 6.31. The number of benzene rings is 1. The first-order chi connectivity index (χ1) is 18.5. The topological polar surface area (TPSA) is 83.0 Å². The summed E-state index contributed by atoms with van der Waals surface area (Å²) in [5.41, 5.74) is 0.385. The number of fused-ring (bicyclic) bond motifs is 1. The Kier molecular flexibility index (Phi) is 8.22. The van der Waals surface area contributed by atoms with Crippen molar-refractivity contribution in [2.24, 2.45) is 0 Å². The van der Waals surface area contributed by atoms with E-state index in [1.807, 2.05) is 19.0 Å². The Hall–Kier alpha value is -3.95. The van der Waals surface area contributed by atoms with Crippen LogP contribution in [0.5, 0.6) is 0 Å². The van der Waals surface area contributed by atoms with Gasteiger partial charge < -0.3 is 14.9 Å². The molecule has 4 rings (SSSR count). The molecule has 1 aromatic carbocycles. The summed E-state index contributed by atoms with van der Waals surface area (Å²) < 4.78 is 43.2. The Morgan fingerprint density at radius 1 is 1.26 bits per heavy atom. The van der Waals surface area contributed by atoms with E-state index in [0.717, 1.165) is 15.1 Å². The van der Waals surface area contributed by atoms with E-state index in [2.05, 4.69) is 9.94 Å². The molecule has 0 radical (unpaired) electrons. The number of rotatable bonds is 8. The molecule has 1 amide bonds. The minimum Gasteiger partial charge on any atom is -0.481 e. The van der Waals surface area contributed by atoms with Gasteiger partial charge in [-0.05, 0) is 36.9 Å². The summed E-state index contributed by atoms with van der Waals surface area (Å²) in [6.07, 6.45) is -0.682. The third-order valence-corrected chi connectivity index (χ3v) is 7.34. The number of hydrogen-bond acceptors (Lipinski definition) is 5. The van der Waals surface area contributed by atoms with Crippen LogP contribution in [0.3, 0.4) is 0 Å². The van der Waals surface area contributed by atoms with Crippen molar-refractivity contribution in [2.45, 2.75) is 31.6 Å². The van der Waals surface area contributed by atoms with E-state index < -0.39 is 23.8 Å². The van der Waals surface area contributed by atoms with Crippen LogP contribution in [0.4, 0.5) is 18.2 Å². The van der Waals surface area contributed by atoms with Gasteiger partial charge in [0.1, 0.15) is 0 Å². The van der Waals surface area contributed by atoms with Crippen LogP contribution < -0.4 is 0 Å². The van der Waals surface area contributed by atoms with Crippen molar-refractivity contribution < 1.29 is 27.9 Å². The predicted octanol–water partition coefficient (Wildman–Crippen LogP) is 5.25. The lowest BCUT2D eigenvalue weighted by Gasteiger charge is -2.34. The number of aromatic nitrogens is 2. The maximum atomic E-state index is 14.1. The second-order valence-electron chi connectivity index (χ2n) is 9.39. The molecule has 1 aliphatic rings. The van der Waals surface area contributed by atoms with Gasteiger partial charge in [-0.3, -0.25) is 14.3 Å². The number of aryl methyl sites for hydroxylation is 1. The van der Waals surface area contributed by atoms with Crippen molar-refractivity contribution in [3.05, 3.63) is 81.8 Å². The normalized spacial score (nSPS) is 15.5. The van der Waals surface area contributed by atoms with E-state index in [1.54, 1.807) is 41.3 Å². The fourth-order valence-corrected chi connectivity index (χ4v) is 5.58. The average molecular weight is 558 g/mol. The molecule has 0 fully saturated rings. The number of amides is 1. The molecule has 0 saturated heterocycles. The van der Waals surface area contributed by atoms with Gasteiger partial charge in [0.15, 0.2) is 5.69 Å². The highest BCUT2D eigenvalue weighted by atomic mass is 32.1. The first-order valence-corrected chi connectivity index (χ1v) is 12.9. The summed E-state index contributed by atoms with van der Waals surface area (Å²) in [4.78, 5) is 32.0. The lowest BCUT2D eigenvalue weighted by Crippen LogP contribution is -2.37. The van der Waals surface area contributed by atoms with Gasteiger partial charge in [-0.1, -0.05) is 30.3 Å². The third kappa shape index (κ3) is 6.38. The molecule has 0 spiro atoms. The molecule has 0 unspecified atom stereocenters. The molecule has 39 heavy (non-hydrogen) atoms. The Morgan fingerprint density at radius 2 is 2.00 bits per heavy atom. The molecular weight excluding hydrogens is 531 g/mol. The van der Waals surface area contributed by atoms with Crippen molar-refractivity contribution in [2.75, 3.05) is 27.2 Å². The van der Waals surface area contributed by atoms with Gasteiger partial charge in [-0.2, -0.15) is 29.6 Å². The largest absolute Gasteiger partial charge is 0.481 e. The summed E-state index contributed by atoms with van der Waals surface area (Å²) in [5.74, 6) is -1.85. The van der Waals surface area contributed by atoms with Crippen molar-refractivity contribution in [1.29, 1.82) is 0 Å². The Morgan fingerprint density at radius 3 is 2.67 bits per heavy atom. The molecule has 1 N–H and O–H groups in total. The highest BCUT2D eigenvalue weighted by Crippen LogP contribution is 2.45. The van der Waals surface area contributed by atoms with Crippen LogP contribution in [0.2, 0.25) is 0 Å². The van der Waals surface area contributed by atoms with Gasteiger partial charge in [0.25, 0.3) is 0 Å². The van der Waals surface area contributed by atoms with Gasteiger partial charge in [0.05, 0.1) is 26.1 Å². The second-order valence-corrected chi connectivity index (χ2v) is 10.5. The monoisotopic (exact) mass is 557 g/mol. The van der Waals surface area contributed by atoms with Crippen LogP contribution in [-0.2, 0) is 28.9 Å². The minimum atomic E-state index is -4.77. The van der Waals surface area contributed by atoms with Gasteiger partial charge in [0.2, 0.25) is 10.9 Å². The number of carboxylic acids is 1. The number of likely N-dealkylation sites (N-methyl/N-ethyl adjacent to an activating group) is 1. The fourth-order valence-electron chi connectivity index (χ4n) is 4.56. The lowest BCUT2D eigenvalue weighted by molar-refractivity contribution is -0.141. The van der Waals surface area contributed by atoms with Crippen LogP contribution in [0.25, 0.3) is 16.0 Å². The zero-order valence-corrected chi connectivity index (χ0v) is 22.1. The highest BCUT2D eigenvalue weighted by Gasteiger charge is 2.39. The number of carboxylic acid groups (broad SMARTS) is 1. The Bertz CT molecular complexity index is 1450. The number of thiophene rings is 1. The molecule has 1 atom stereocenters. The Labute approximate surface area is 227 Å². The highest BCUT2D eigenvalue weighted by molar-refractivity contribution is 7.16. The molecule has 8 nitrogen and oxygen atoms in total. The number of nitrogens with zero attached hydrogens (tertiary/aromatic N) is 5. The van der Waals surface area contributed by atoms with Crippen LogP contribution >= 0.6 is 11.3 Å². The van der Waals surface area contributed by atoms with Gasteiger partial charge in [0, 0.05) is 41.7 Å². The van der Waals surface area contributed by atoms with Gasteiger partial charge in [-0.15, -0.1) is 0 Å². The molecule has 0 aliphatic carbocycles. The van der Waals surface area contributed by atoms with E-state index in [9.17, 15) is 22.8 Å². The average Bonchev–Trinajstić information content (AvgIpc) is 3.51. The molecule has 204 valence electrons. The molecule has 12 heteroatoms. The molecule has 3 heterocycles. The zero-order valence-electron chi connectivity index (χ0n) is 21.3. The molecule has 3 aromatic rings. The summed E-state index contributed by atoms with van der Waals surface area (Å²) in [6, 6.07) is 8.40. The van der Waals surface area contributed by atoms with Gasteiger partial charge >= 0.3 is 12.1 Å². The quantitative estimate of drug-likeness (QED) is 0.302. The fraction of sp³-hybridized carbons (Fsp3) is 0.333. The van der Waals surface area contributed by atoms with E-state index >= 15 is 0 Å². The molecule has 1 aliphatic heterocycles. The summed E-state index contributed by atoms with van der Waals surface area (Å²) in [6.45, 7) is 8.35. The smallest absolute Gasteiger partial charge is 0.435 e. The standard InChI is InChI=1S/C27H26F3N5O3S/c1-31-23-13-19-20(14-34(16-22(19)39-23)24(36)9-6-11-33(2)3)17-7-4-5-8-18(17)21-15-35(12-10-25(37)38)32-26(21)27(28,29)30/h4-9,13,15,20H,10-12,14,16H2,2-3H3,(H,37,38)/b9-6+/t20-/m0/s1. The van der Waals surface area contributed by atoms with E-state index in [0.29, 0.717) is 23.7 Å². The van der Waals surface area contributed by atoms with Crippen LogP contribution in [0.15, 0.2) is 48.7 Å². The molecular formula is C27H26F3N5O3S. The van der Waals surface area contributed by atoms with Gasteiger partial charge in [-0.25, -0.2) is 4.85 Å². The second kappa shape index (κ2) is 11.4. The van der Waals surface area contributed by atoms with Crippen LogP contribution in [0, 0.1) is 6.57 Å². The van der Waals surface area contributed by atoms with Crippen molar-refractivity contribution in [3.8, 4) is 11.1 Å². The van der Waals surface area contributed by atoms with Crippen LogP contribution in [0.1, 0.15) is 34.0 Å². The number of carbonyl (C=O) groups excluding carboxylic acids is 1. The number of aliphatic carboxylic acids is 1. The lowest BCUT2D eigenvalue weighted by atomic mass is 9.84. The summed E-state index contributed by atoms with van der Waals surface area (Å²) in [5, 5.41) is 13.1. The maximum absolute atomic E-state index is 14.1. The zero-order chi connectivity index (χ0) is 28.3.